The SMILES string of the molecule is CC(Br)CCCNC(=O)c1ccc(Br)cc1Cl. The Labute approximate surface area is 123 Å². The summed E-state index contributed by atoms with van der Waals surface area (Å²) < 4.78 is 0.868. The van der Waals surface area contributed by atoms with Gasteiger partial charge in [-0.1, -0.05) is 50.4 Å². The smallest absolute Gasteiger partial charge is 0.252 e. The van der Waals surface area contributed by atoms with Crippen molar-refractivity contribution in [3.63, 3.8) is 0 Å². The van der Waals surface area contributed by atoms with Gasteiger partial charge in [-0.3, -0.25) is 4.79 Å². The summed E-state index contributed by atoms with van der Waals surface area (Å²) in [5.74, 6) is -0.121. The normalized spacial score (nSPS) is 12.2. The minimum Gasteiger partial charge on any atom is -0.352 e. The van der Waals surface area contributed by atoms with Gasteiger partial charge in [0.25, 0.3) is 5.91 Å². The highest BCUT2D eigenvalue weighted by atomic mass is 79.9. The standard InChI is InChI=1S/C12H14Br2ClNO/c1-8(13)3-2-6-16-12(17)10-5-4-9(14)7-11(10)15/h4-5,7-8H,2-3,6H2,1H3,(H,16,17). The minimum absolute atomic E-state index is 0.121. The maximum absolute atomic E-state index is 11.8. The Balaban J connectivity index is 2.47. The number of halogens is 3. The summed E-state index contributed by atoms with van der Waals surface area (Å²) >= 11 is 12.8. The van der Waals surface area contributed by atoms with Gasteiger partial charge in [0.2, 0.25) is 0 Å². The molecule has 0 heterocycles. The summed E-state index contributed by atoms with van der Waals surface area (Å²) in [5, 5.41) is 3.32. The molecule has 0 aromatic heterocycles. The Bertz CT molecular complexity index is 396. The molecular weight excluding hydrogens is 369 g/mol. The molecule has 5 heteroatoms. The highest BCUT2D eigenvalue weighted by Gasteiger charge is 2.09. The predicted molar refractivity (Wildman–Crippen MR) is 79.1 cm³/mol. The second kappa shape index (κ2) is 7.39. The second-order valence-corrected chi connectivity index (χ2v) is 6.69. The molecule has 0 aliphatic carbocycles. The maximum Gasteiger partial charge on any atom is 0.252 e. The van der Waals surface area contributed by atoms with E-state index in [1.54, 1.807) is 18.2 Å². The van der Waals surface area contributed by atoms with Crippen molar-refractivity contribution in [2.24, 2.45) is 0 Å². The Morgan fingerprint density at radius 3 is 2.82 bits per heavy atom. The minimum atomic E-state index is -0.121. The molecule has 0 spiro atoms. The Kier molecular flexibility index (Phi) is 6.52. The quantitative estimate of drug-likeness (QED) is 0.593. The summed E-state index contributed by atoms with van der Waals surface area (Å²) in [6, 6.07) is 5.24. The molecule has 0 saturated heterocycles. The molecule has 1 aromatic rings. The largest absolute Gasteiger partial charge is 0.352 e. The number of hydrogen-bond donors (Lipinski definition) is 1. The van der Waals surface area contributed by atoms with Crippen LogP contribution >= 0.6 is 43.5 Å². The van der Waals surface area contributed by atoms with Gasteiger partial charge >= 0.3 is 0 Å². The summed E-state index contributed by atoms with van der Waals surface area (Å²) in [6.07, 6.45) is 1.99. The number of carbonyl (C=O) groups is 1. The lowest BCUT2D eigenvalue weighted by Gasteiger charge is -2.07. The fourth-order valence-corrected chi connectivity index (χ4v) is 2.44. The zero-order chi connectivity index (χ0) is 12.8. The average Bonchev–Trinajstić information content (AvgIpc) is 2.23. The van der Waals surface area contributed by atoms with Crippen molar-refractivity contribution in [3.8, 4) is 0 Å². The van der Waals surface area contributed by atoms with Crippen molar-refractivity contribution in [1.82, 2.24) is 5.32 Å². The molecule has 2 nitrogen and oxygen atoms in total. The first kappa shape index (κ1) is 15.0. The van der Waals surface area contributed by atoms with E-state index in [-0.39, 0.29) is 5.91 Å². The molecule has 94 valence electrons. The van der Waals surface area contributed by atoms with Gasteiger partial charge in [-0.2, -0.15) is 0 Å². The van der Waals surface area contributed by atoms with Crippen LogP contribution in [0.25, 0.3) is 0 Å². The molecule has 1 unspecified atom stereocenters. The highest BCUT2D eigenvalue weighted by molar-refractivity contribution is 9.10. The molecular formula is C12H14Br2ClNO. The zero-order valence-electron chi connectivity index (χ0n) is 9.47. The number of hydrogen-bond acceptors (Lipinski definition) is 1. The third kappa shape index (κ3) is 5.40. The first-order valence-electron chi connectivity index (χ1n) is 5.38. The molecule has 1 aromatic carbocycles. The fraction of sp³-hybridized carbons (Fsp3) is 0.417. The van der Waals surface area contributed by atoms with Gasteiger partial charge in [-0.25, -0.2) is 0 Å². The summed E-state index contributed by atoms with van der Waals surface area (Å²) in [4.78, 5) is 12.3. The Morgan fingerprint density at radius 2 is 2.24 bits per heavy atom. The van der Waals surface area contributed by atoms with Crippen LogP contribution in [0.15, 0.2) is 22.7 Å². The van der Waals surface area contributed by atoms with Gasteiger partial charge in [0.1, 0.15) is 0 Å². The topological polar surface area (TPSA) is 29.1 Å². The van der Waals surface area contributed by atoms with Crippen LogP contribution in [0.5, 0.6) is 0 Å². The van der Waals surface area contributed by atoms with E-state index >= 15 is 0 Å². The van der Waals surface area contributed by atoms with Crippen molar-refractivity contribution in [2.45, 2.75) is 24.6 Å². The van der Waals surface area contributed by atoms with Crippen LogP contribution in [-0.2, 0) is 0 Å². The van der Waals surface area contributed by atoms with E-state index in [4.69, 9.17) is 11.6 Å². The number of carbonyl (C=O) groups excluding carboxylic acids is 1. The third-order valence-corrected chi connectivity index (χ3v) is 3.50. The molecule has 1 atom stereocenters. The van der Waals surface area contributed by atoms with Gasteiger partial charge in [0.15, 0.2) is 0 Å². The number of amides is 1. The molecule has 0 aliphatic rings. The van der Waals surface area contributed by atoms with Crippen molar-refractivity contribution < 1.29 is 4.79 Å². The van der Waals surface area contributed by atoms with Crippen LogP contribution in [0.3, 0.4) is 0 Å². The molecule has 0 fully saturated rings. The lowest BCUT2D eigenvalue weighted by molar-refractivity contribution is 0.0953. The van der Waals surface area contributed by atoms with E-state index in [1.165, 1.54) is 0 Å². The molecule has 0 saturated carbocycles. The number of rotatable bonds is 5. The van der Waals surface area contributed by atoms with Gasteiger partial charge < -0.3 is 5.32 Å². The zero-order valence-corrected chi connectivity index (χ0v) is 13.4. The number of benzene rings is 1. The van der Waals surface area contributed by atoms with Crippen molar-refractivity contribution in [3.05, 3.63) is 33.3 Å². The van der Waals surface area contributed by atoms with Crippen molar-refractivity contribution in [1.29, 1.82) is 0 Å². The molecule has 1 amide bonds. The van der Waals surface area contributed by atoms with Crippen LogP contribution in [-0.4, -0.2) is 17.3 Å². The Hall–Kier alpha value is -0.0600. The Morgan fingerprint density at radius 1 is 1.53 bits per heavy atom. The lowest BCUT2D eigenvalue weighted by Crippen LogP contribution is -2.25. The number of nitrogens with one attached hydrogen (secondary N) is 1. The first-order valence-corrected chi connectivity index (χ1v) is 7.46. The van der Waals surface area contributed by atoms with Crippen LogP contribution in [0.4, 0.5) is 0 Å². The second-order valence-electron chi connectivity index (χ2n) is 3.80. The summed E-state index contributed by atoms with van der Waals surface area (Å²) in [6.45, 7) is 2.76. The van der Waals surface area contributed by atoms with E-state index in [1.807, 2.05) is 0 Å². The van der Waals surface area contributed by atoms with Crippen LogP contribution in [0, 0.1) is 0 Å². The predicted octanol–water partition coefficient (Wildman–Crippen LogP) is 4.40. The van der Waals surface area contributed by atoms with E-state index < -0.39 is 0 Å². The van der Waals surface area contributed by atoms with E-state index in [0.717, 1.165) is 17.3 Å². The first-order chi connectivity index (χ1) is 8.00. The molecule has 17 heavy (non-hydrogen) atoms. The molecule has 0 radical (unpaired) electrons. The average molecular weight is 384 g/mol. The summed E-state index contributed by atoms with van der Waals surface area (Å²) in [5.41, 5.74) is 0.516. The lowest BCUT2D eigenvalue weighted by atomic mass is 10.2. The van der Waals surface area contributed by atoms with Crippen LogP contribution in [0.2, 0.25) is 5.02 Å². The van der Waals surface area contributed by atoms with Gasteiger partial charge in [-0.15, -0.1) is 0 Å². The van der Waals surface area contributed by atoms with Gasteiger partial charge in [0, 0.05) is 15.8 Å². The van der Waals surface area contributed by atoms with Crippen molar-refractivity contribution in [2.75, 3.05) is 6.54 Å². The monoisotopic (exact) mass is 381 g/mol. The van der Waals surface area contributed by atoms with Crippen LogP contribution < -0.4 is 5.32 Å². The number of alkyl halides is 1. The van der Waals surface area contributed by atoms with E-state index in [9.17, 15) is 4.79 Å². The van der Waals surface area contributed by atoms with Gasteiger partial charge in [-0.05, 0) is 31.0 Å². The van der Waals surface area contributed by atoms with Crippen molar-refractivity contribution >= 4 is 49.4 Å². The van der Waals surface area contributed by atoms with Gasteiger partial charge in [0.05, 0.1) is 10.6 Å². The van der Waals surface area contributed by atoms with E-state index in [2.05, 4.69) is 44.1 Å². The molecule has 1 N–H and O–H groups in total. The fourth-order valence-electron chi connectivity index (χ4n) is 1.35. The molecule has 0 bridgehead atoms. The maximum atomic E-state index is 11.8. The van der Waals surface area contributed by atoms with E-state index in [0.29, 0.717) is 22.0 Å². The van der Waals surface area contributed by atoms with Crippen LogP contribution in [0.1, 0.15) is 30.1 Å². The molecule has 1 rings (SSSR count). The molecule has 0 aliphatic heterocycles. The highest BCUT2D eigenvalue weighted by Crippen LogP contribution is 2.21. The third-order valence-electron chi connectivity index (χ3n) is 2.24. The summed E-state index contributed by atoms with van der Waals surface area (Å²) in [7, 11) is 0.